The average Bonchev–Trinajstić information content (AvgIpc) is 2.47. The van der Waals surface area contributed by atoms with Crippen molar-refractivity contribution in [1.82, 2.24) is 0 Å². The molecule has 3 rings (SSSR count). The molecule has 3 aromatic carbocycles. The number of benzene rings is 3. The molecule has 0 aromatic heterocycles. The van der Waals surface area contributed by atoms with Gasteiger partial charge in [0.25, 0.3) is 0 Å². The Kier molecular flexibility index (Phi) is 4.11. The normalized spacial score (nSPS) is 12.6. The van der Waals surface area contributed by atoms with Gasteiger partial charge >= 0.3 is 0 Å². The molecule has 21 heavy (non-hydrogen) atoms. The first-order valence-electron chi connectivity index (χ1n) is 6.45. The number of halogens is 3. The molecule has 106 valence electrons. The molecule has 0 aliphatic rings. The van der Waals surface area contributed by atoms with Crippen LogP contribution in [0.4, 0.5) is 4.39 Å². The summed E-state index contributed by atoms with van der Waals surface area (Å²) in [6.07, 6.45) is 0. The first-order valence-corrected chi connectivity index (χ1v) is 8.04. The standard InChI is InChI=1S/C17H12Br2FN/c18-10-5-6-14(15(19)9-10)17(21)13-7-8-16(20)12-4-2-1-3-11(12)13/h1-9,17H,21H2. The van der Waals surface area contributed by atoms with Gasteiger partial charge in [0.15, 0.2) is 0 Å². The summed E-state index contributed by atoms with van der Waals surface area (Å²) in [5.74, 6) is -0.226. The number of rotatable bonds is 2. The topological polar surface area (TPSA) is 26.0 Å². The molecule has 0 spiro atoms. The highest BCUT2D eigenvalue weighted by molar-refractivity contribution is 9.11. The van der Waals surface area contributed by atoms with Crippen molar-refractivity contribution < 1.29 is 4.39 Å². The molecule has 0 aliphatic heterocycles. The maximum atomic E-state index is 13.9. The Hall–Kier alpha value is -1.23. The molecular formula is C17H12Br2FN. The van der Waals surface area contributed by atoms with Crippen molar-refractivity contribution in [3.63, 3.8) is 0 Å². The molecule has 0 bridgehead atoms. The van der Waals surface area contributed by atoms with Crippen LogP contribution in [-0.4, -0.2) is 0 Å². The van der Waals surface area contributed by atoms with Crippen molar-refractivity contribution >= 4 is 42.6 Å². The van der Waals surface area contributed by atoms with Gasteiger partial charge in [0.05, 0.1) is 6.04 Å². The Morgan fingerprint density at radius 1 is 0.857 bits per heavy atom. The van der Waals surface area contributed by atoms with Crippen molar-refractivity contribution in [3.8, 4) is 0 Å². The number of hydrogen-bond donors (Lipinski definition) is 1. The van der Waals surface area contributed by atoms with Crippen LogP contribution in [0.1, 0.15) is 17.2 Å². The van der Waals surface area contributed by atoms with Gasteiger partial charge in [-0.3, -0.25) is 0 Å². The van der Waals surface area contributed by atoms with Crippen LogP contribution in [0, 0.1) is 5.82 Å². The summed E-state index contributed by atoms with van der Waals surface area (Å²) in [6.45, 7) is 0. The SMILES string of the molecule is NC(c1ccc(Br)cc1Br)c1ccc(F)c2ccccc12. The Morgan fingerprint density at radius 2 is 1.52 bits per heavy atom. The second kappa shape index (κ2) is 5.87. The van der Waals surface area contributed by atoms with Gasteiger partial charge in [0.1, 0.15) is 5.82 Å². The van der Waals surface area contributed by atoms with Gasteiger partial charge in [-0.2, -0.15) is 0 Å². The molecule has 0 saturated heterocycles. The summed E-state index contributed by atoms with van der Waals surface area (Å²) in [4.78, 5) is 0. The zero-order valence-corrected chi connectivity index (χ0v) is 14.2. The number of fused-ring (bicyclic) bond motifs is 1. The van der Waals surface area contributed by atoms with Crippen molar-refractivity contribution in [2.75, 3.05) is 0 Å². The fourth-order valence-corrected chi connectivity index (χ4v) is 3.77. The smallest absolute Gasteiger partial charge is 0.131 e. The van der Waals surface area contributed by atoms with E-state index < -0.39 is 0 Å². The highest BCUT2D eigenvalue weighted by Crippen LogP contribution is 2.33. The van der Waals surface area contributed by atoms with E-state index in [4.69, 9.17) is 5.73 Å². The van der Waals surface area contributed by atoms with Crippen LogP contribution in [0.25, 0.3) is 10.8 Å². The minimum Gasteiger partial charge on any atom is -0.320 e. The molecule has 1 unspecified atom stereocenters. The third-order valence-electron chi connectivity index (χ3n) is 3.54. The van der Waals surface area contributed by atoms with Gasteiger partial charge in [-0.05, 0) is 34.7 Å². The van der Waals surface area contributed by atoms with E-state index in [9.17, 15) is 4.39 Å². The van der Waals surface area contributed by atoms with Crippen LogP contribution < -0.4 is 5.73 Å². The molecule has 1 nitrogen and oxygen atoms in total. The lowest BCUT2D eigenvalue weighted by atomic mass is 9.94. The van der Waals surface area contributed by atoms with Gasteiger partial charge in [0.2, 0.25) is 0 Å². The Morgan fingerprint density at radius 3 is 2.24 bits per heavy atom. The lowest BCUT2D eigenvalue weighted by Gasteiger charge is -2.17. The monoisotopic (exact) mass is 407 g/mol. The molecular weight excluding hydrogens is 397 g/mol. The zero-order chi connectivity index (χ0) is 15.0. The van der Waals surface area contributed by atoms with Crippen LogP contribution in [0.3, 0.4) is 0 Å². The molecule has 0 fully saturated rings. The minimum atomic E-state index is -0.321. The van der Waals surface area contributed by atoms with E-state index in [0.29, 0.717) is 5.39 Å². The van der Waals surface area contributed by atoms with E-state index >= 15 is 0 Å². The second-order valence-corrected chi connectivity index (χ2v) is 6.60. The first-order chi connectivity index (χ1) is 10.1. The van der Waals surface area contributed by atoms with Crippen LogP contribution in [-0.2, 0) is 0 Å². The maximum absolute atomic E-state index is 13.9. The van der Waals surface area contributed by atoms with Crippen molar-refractivity contribution in [3.05, 3.63) is 80.5 Å². The molecule has 0 radical (unpaired) electrons. The molecule has 4 heteroatoms. The van der Waals surface area contributed by atoms with E-state index in [2.05, 4.69) is 31.9 Å². The number of nitrogens with two attached hydrogens (primary N) is 1. The van der Waals surface area contributed by atoms with Crippen LogP contribution in [0.5, 0.6) is 0 Å². The fourth-order valence-electron chi connectivity index (χ4n) is 2.48. The van der Waals surface area contributed by atoms with Gasteiger partial charge in [-0.25, -0.2) is 4.39 Å². The largest absolute Gasteiger partial charge is 0.320 e. The van der Waals surface area contributed by atoms with Crippen LogP contribution >= 0.6 is 31.9 Å². The van der Waals surface area contributed by atoms with E-state index in [-0.39, 0.29) is 11.9 Å². The van der Waals surface area contributed by atoms with E-state index in [1.54, 1.807) is 12.1 Å². The summed E-state index contributed by atoms with van der Waals surface area (Å²) in [6, 6.07) is 16.2. The predicted octanol–water partition coefficient (Wildman–Crippen LogP) is 5.55. The average molecular weight is 409 g/mol. The second-order valence-electron chi connectivity index (χ2n) is 4.83. The van der Waals surface area contributed by atoms with E-state index in [0.717, 1.165) is 25.5 Å². The molecule has 0 heterocycles. The molecule has 0 amide bonds. The lowest BCUT2D eigenvalue weighted by Crippen LogP contribution is -2.13. The summed E-state index contributed by atoms with van der Waals surface area (Å²) < 4.78 is 15.8. The molecule has 1 atom stereocenters. The Bertz CT molecular complexity index is 817. The summed E-state index contributed by atoms with van der Waals surface area (Å²) in [5, 5.41) is 1.44. The van der Waals surface area contributed by atoms with Crippen LogP contribution in [0.2, 0.25) is 0 Å². The predicted molar refractivity (Wildman–Crippen MR) is 91.8 cm³/mol. The van der Waals surface area contributed by atoms with Gasteiger partial charge in [0, 0.05) is 14.3 Å². The third-order valence-corrected chi connectivity index (χ3v) is 4.72. The fraction of sp³-hybridized carbons (Fsp3) is 0.0588. The number of hydrogen-bond acceptors (Lipinski definition) is 1. The molecule has 3 aromatic rings. The maximum Gasteiger partial charge on any atom is 0.131 e. The van der Waals surface area contributed by atoms with Gasteiger partial charge < -0.3 is 5.73 Å². The zero-order valence-electron chi connectivity index (χ0n) is 11.0. The Labute approximate surface area is 139 Å². The molecule has 2 N–H and O–H groups in total. The van der Waals surface area contributed by atoms with E-state index in [1.807, 2.05) is 36.4 Å². The van der Waals surface area contributed by atoms with Crippen LogP contribution in [0.15, 0.2) is 63.5 Å². The Balaban J connectivity index is 2.18. The van der Waals surface area contributed by atoms with Crippen molar-refractivity contribution in [2.24, 2.45) is 5.73 Å². The van der Waals surface area contributed by atoms with Crippen molar-refractivity contribution in [1.29, 1.82) is 0 Å². The summed E-state index contributed by atoms with van der Waals surface area (Å²) in [7, 11) is 0. The highest BCUT2D eigenvalue weighted by atomic mass is 79.9. The van der Waals surface area contributed by atoms with Gasteiger partial charge in [-0.15, -0.1) is 0 Å². The first kappa shape index (κ1) is 14.7. The van der Waals surface area contributed by atoms with E-state index in [1.165, 1.54) is 6.07 Å². The quantitative estimate of drug-likeness (QED) is 0.590. The highest BCUT2D eigenvalue weighted by Gasteiger charge is 2.16. The molecule has 0 saturated carbocycles. The lowest BCUT2D eigenvalue weighted by molar-refractivity contribution is 0.639. The van der Waals surface area contributed by atoms with Gasteiger partial charge in [-0.1, -0.05) is 68.3 Å². The molecule has 0 aliphatic carbocycles. The summed E-state index contributed by atoms with van der Waals surface area (Å²) in [5.41, 5.74) is 8.30. The summed E-state index contributed by atoms with van der Waals surface area (Å²) >= 11 is 6.97. The third kappa shape index (κ3) is 2.76. The minimum absolute atomic E-state index is 0.226. The van der Waals surface area contributed by atoms with Crippen molar-refractivity contribution in [2.45, 2.75) is 6.04 Å².